The summed E-state index contributed by atoms with van der Waals surface area (Å²) in [4.78, 5) is 2.69. The molecule has 1 aliphatic heterocycles. The van der Waals surface area contributed by atoms with Crippen LogP contribution in [-0.4, -0.2) is 37.1 Å². The molecule has 0 bridgehead atoms. The number of nitrogens with zero attached hydrogens (tertiary/aromatic N) is 1. The Balaban J connectivity index is 1.34. The third-order valence-corrected chi connectivity index (χ3v) is 6.10. The molecule has 3 rings (SSSR count). The standard InChI is InChI=1S/C18H34N2/c1-2-6-13-20(12-5-1)14-11-19-18-10-9-16-7-3-4-8-17(16)15-18/h16-19H,1-15H2. The van der Waals surface area contributed by atoms with Crippen LogP contribution in [0.2, 0.25) is 0 Å². The molecule has 0 aromatic heterocycles. The van der Waals surface area contributed by atoms with E-state index in [0.29, 0.717) is 0 Å². The molecule has 0 spiro atoms. The smallest absolute Gasteiger partial charge is 0.0107 e. The Bertz CT molecular complexity index is 271. The van der Waals surface area contributed by atoms with Crippen molar-refractivity contribution >= 4 is 0 Å². The van der Waals surface area contributed by atoms with E-state index in [1.165, 1.54) is 96.8 Å². The normalized spacial score (nSPS) is 36.3. The molecule has 3 aliphatic rings. The summed E-state index contributed by atoms with van der Waals surface area (Å²) in [6.07, 6.45) is 16.2. The van der Waals surface area contributed by atoms with Crippen molar-refractivity contribution in [3.63, 3.8) is 0 Å². The molecule has 2 nitrogen and oxygen atoms in total. The molecule has 0 amide bonds. The lowest BCUT2D eigenvalue weighted by Gasteiger charge is -2.39. The van der Waals surface area contributed by atoms with Gasteiger partial charge in [-0.2, -0.15) is 0 Å². The molecule has 1 saturated heterocycles. The first-order valence-electron chi connectivity index (χ1n) is 9.37. The van der Waals surface area contributed by atoms with E-state index in [9.17, 15) is 0 Å². The minimum atomic E-state index is 0.835. The summed E-state index contributed by atoms with van der Waals surface area (Å²) in [6, 6.07) is 0.835. The van der Waals surface area contributed by atoms with Crippen LogP contribution in [0, 0.1) is 11.8 Å². The minimum Gasteiger partial charge on any atom is -0.313 e. The van der Waals surface area contributed by atoms with E-state index in [0.717, 1.165) is 17.9 Å². The SMILES string of the molecule is C1CCCN(CCNC2CCC3CCCCC3C2)CC1. The highest BCUT2D eigenvalue weighted by molar-refractivity contribution is 4.86. The molecule has 116 valence electrons. The van der Waals surface area contributed by atoms with E-state index in [4.69, 9.17) is 0 Å². The second-order valence-corrected chi connectivity index (χ2v) is 7.52. The second-order valence-electron chi connectivity index (χ2n) is 7.52. The van der Waals surface area contributed by atoms with Gasteiger partial charge in [0.25, 0.3) is 0 Å². The van der Waals surface area contributed by atoms with Crippen molar-refractivity contribution in [1.82, 2.24) is 10.2 Å². The molecule has 2 saturated carbocycles. The van der Waals surface area contributed by atoms with E-state index in [-0.39, 0.29) is 0 Å². The predicted octanol–water partition coefficient (Wildman–Crippen LogP) is 3.81. The van der Waals surface area contributed by atoms with E-state index in [2.05, 4.69) is 10.2 Å². The second kappa shape index (κ2) is 7.79. The Morgan fingerprint density at radius 2 is 1.50 bits per heavy atom. The van der Waals surface area contributed by atoms with Crippen LogP contribution in [0.1, 0.15) is 70.6 Å². The number of hydrogen-bond donors (Lipinski definition) is 1. The molecular weight excluding hydrogens is 244 g/mol. The zero-order chi connectivity index (χ0) is 13.6. The molecule has 3 unspecified atom stereocenters. The van der Waals surface area contributed by atoms with Gasteiger partial charge >= 0.3 is 0 Å². The van der Waals surface area contributed by atoms with Crippen LogP contribution in [-0.2, 0) is 0 Å². The monoisotopic (exact) mass is 278 g/mol. The molecule has 2 heteroatoms. The molecule has 0 aromatic carbocycles. The number of fused-ring (bicyclic) bond motifs is 1. The largest absolute Gasteiger partial charge is 0.313 e. The van der Waals surface area contributed by atoms with Gasteiger partial charge in [-0.05, 0) is 57.0 Å². The number of hydrogen-bond acceptors (Lipinski definition) is 2. The number of nitrogens with one attached hydrogen (secondary N) is 1. The van der Waals surface area contributed by atoms with Crippen molar-refractivity contribution in [2.45, 2.75) is 76.7 Å². The maximum absolute atomic E-state index is 3.88. The average Bonchev–Trinajstić information content (AvgIpc) is 2.76. The van der Waals surface area contributed by atoms with Crippen molar-refractivity contribution in [2.75, 3.05) is 26.2 Å². The van der Waals surface area contributed by atoms with Gasteiger partial charge in [0, 0.05) is 19.1 Å². The maximum atomic E-state index is 3.88. The zero-order valence-electron chi connectivity index (χ0n) is 13.3. The Hall–Kier alpha value is -0.0800. The molecule has 1 heterocycles. The van der Waals surface area contributed by atoms with Crippen molar-refractivity contribution in [3.05, 3.63) is 0 Å². The maximum Gasteiger partial charge on any atom is 0.0107 e. The van der Waals surface area contributed by atoms with Crippen molar-refractivity contribution < 1.29 is 0 Å². The lowest BCUT2D eigenvalue weighted by Crippen LogP contribution is -2.42. The Kier molecular flexibility index (Phi) is 5.78. The van der Waals surface area contributed by atoms with Gasteiger partial charge in [0.2, 0.25) is 0 Å². The molecule has 2 aliphatic carbocycles. The average molecular weight is 278 g/mol. The van der Waals surface area contributed by atoms with Gasteiger partial charge in [-0.15, -0.1) is 0 Å². The zero-order valence-corrected chi connectivity index (χ0v) is 13.3. The Morgan fingerprint density at radius 3 is 2.30 bits per heavy atom. The topological polar surface area (TPSA) is 15.3 Å². The number of rotatable bonds is 4. The summed E-state index contributed by atoms with van der Waals surface area (Å²) in [5.41, 5.74) is 0. The van der Waals surface area contributed by atoms with Gasteiger partial charge in [0.15, 0.2) is 0 Å². The highest BCUT2D eigenvalue weighted by Crippen LogP contribution is 2.40. The first-order chi connectivity index (χ1) is 9.92. The van der Waals surface area contributed by atoms with Crippen molar-refractivity contribution in [3.8, 4) is 0 Å². The lowest BCUT2D eigenvalue weighted by molar-refractivity contribution is 0.141. The van der Waals surface area contributed by atoms with Gasteiger partial charge in [-0.3, -0.25) is 0 Å². The third kappa shape index (κ3) is 4.21. The van der Waals surface area contributed by atoms with Gasteiger partial charge in [0.1, 0.15) is 0 Å². The van der Waals surface area contributed by atoms with Crippen molar-refractivity contribution in [2.24, 2.45) is 11.8 Å². The van der Waals surface area contributed by atoms with Gasteiger partial charge in [0.05, 0.1) is 0 Å². The van der Waals surface area contributed by atoms with Gasteiger partial charge in [-0.25, -0.2) is 0 Å². The van der Waals surface area contributed by atoms with Crippen LogP contribution < -0.4 is 5.32 Å². The quantitative estimate of drug-likeness (QED) is 0.841. The Morgan fingerprint density at radius 1 is 0.750 bits per heavy atom. The van der Waals surface area contributed by atoms with E-state index in [1.807, 2.05) is 0 Å². The third-order valence-electron chi connectivity index (χ3n) is 6.10. The van der Waals surface area contributed by atoms with Crippen molar-refractivity contribution in [1.29, 1.82) is 0 Å². The van der Waals surface area contributed by atoms with E-state index >= 15 is 0 Å². The van der Waals surface area contributed by atoms with Crippen LogP contribution in [0.25, 0.3) is 0 Å². The fraction of sp³-hybridized carbons (Fsp3) is 1.00. The highest BCUT2D eigenvalue weighted by atomic mass is 15.1. The van der Waals surface area contributed by atoms with Gasteiger partial charge < -0.3 is 10.2 Å². The van der Waals surface area contributed by atoms with Crippen LogP contribution in [0.15, 0.2) is 0 Å². The van der Waals surface area contributed by atoms with E-state index in [1.54, 1.807) is 0 Å². The number of likely N-dealkylation sites (tertiary alicyclic amines) is 1. The molecule has 20 heavy (non-hydrogen) atoms. The van der Waals surface area contributed by atoms with Crippen LogP contribution in [0.5, 0.6) is 0 Å². The summed E-state index contributed by atoms with van der Waals surface area (Å²) >= 11 is 0. The molecule has 3 fully saturated rings. The predicted molar refractivity (Wildman–Crippen MR) is 86.0 cm³/mol. The molecular formula is C18H34N2. The first-order valence-corrected chi connectivity index (χ1v) is 9.37. The molecule has 0 radical (unpaired) electrons. The highest BCUT2D eigenvalue weighted by Gasteiger charge is 2.31. The lowest BCUT2D eigenvalue weighted by atomic mass is 9.69. The summed E-state index contributed by atoms with van der Waals surface area (Å²) in [6.45, 7) is 5.20. The Labute approximate surface area is 125 Å². The first kappa shape index (κ1) is 14.8. The fourth-order valence-corrected chi connectivity index (χ4v) is 4.85. The minimum absolute atomic E-state index is 0.835. The molecule has 3 atom stereocenters. The van der Waals surface area contributed by atoms with Crippen LogP contribution in [0.4, 0.5) is 0 Å². The molecule has 1 N–H and O–H groups in total. The fourth-order valence-electron chi connectivity index (χ4n) is 4.85. The summed E-state index contributed by atoms with van der Waals surface area (Å²) in [7, 11) is 0. The van der Waals surface area contributed by atoms with E-state index < -0.39 is 0 Å². The summed E-state index contributed by atoms with van der Waals surface area (Å²) in [5, 5.41) is 3.88. The van der Waals surface area contributed by atoms with Crippen LogP contribution in [0.3, 0.4) is 0 Å². The van der Waals surface area contributed by atoms with Crippen LogP contribution >= 0.6 is 0 Å². The summed E-state index contributed by atoms with van der Waals surface area (Å²) < 4.78 is 0. The summed E-state index contributed by atoms with van der Waals surface area (Å²) in [5.74, 6) is 2.15. The van der Waals surface area contributed by atoms with Gasteiger partial charge in [-0.1, -0.05) is 38.5 Å². The molecule has 0 aromatic rings.